The quantitative estimate of drug-likeness (QED) is 0.781. The third-order valence-electron chi connectivity index (χ3n) is 3.04. The normalized spacial score (nSPS) is 15.8. The van der Waals surface area contributed by atoms with Crippen LogP contribution in [0.4, 0.5) is 4.79 Å². The molecule has 2 amide bonds. The van der Waals surface area contributed by atoms with Crippen LogP contribution in [0.5, 0.6) is 0 Å². The van der Waals surface area contributed by atoms with Gasteiger partial charge >= 0.3 is 12.0 Å². The van der Waals surface area contributed by atoms with E-state index in [2.05, 4.69) is 0 Å². The fourth-order valence-electron chi connectivity index (χ4n) is 2.01. The lowest BCUT2D eigenvalue weighted by molar-refractivity contribution is -0.137. The van der Waals surface area contributed by atoms with E-state index in [1.807, 2.05) is 19.0 Å². The second kappa shape index (κ2) is 7.20. The molecule has 1 N–H and O–H groups in total. The van der Waals surface area contributed by atoms with Crippen molar-refractivity contribution in [3.8, 4) is 0 Å². The fraction of sp³-hybridized carbons (Fsp3) is 0.833. The standard InChI is InChI=1S/C12H23N3O3/c1-13(2)8-9-15(10-11(16)17)12(18)14-6-4-3-5-7-14/h3-10H2,1-2H3,(H,16,17). The third kappa shape index (κ3) is 4.91. The Bertz CT molecular complexity index is 288. The summed E-state index contributed by atoms with van der Waals surface area (Å²) >= 11 is 0. The number of carboxylic acids is 1. The van der Waals surface area contributed by atoms with Crippen molar-refractivity contribution in [1.82, 2.24) is 14.7 Å². The van der Waals surface area contributed by atoms with Gasteiger partial charge in [-0.05, 0) is 33.4 Å². The number of likely N-dealkylation sites (N-methyl/N-ethyl adjacent to an activating group) is 1. The van der Waals surface area contributed by atoms with Crippen LogP contribution < -0.4 is 0 Å². The van der Waals surface area contributed by atoms with Gasteiger partial charge in [-0.3, -0.25) is 4.79 Å². The minimum atomic E-state index is -0.959. The zero-order valence-corrected chi connectivity index (χ0v) is 11.3. The van der Waals surface area contributed by atoms with Crippen molar-refractivity contribution in [3.05, 3.63) is 0 Å². The summed E-state index contributed by atoms with van der Waals surface area (Å²) in [5.41, 5.74) is 0. The van der Waals surface area contributed by atoms with E-state index in [0.29, 0.717) is 13.1 Å². The molecule has 6 heteroatoms. The number of carbonyl (C=O) groups excluding carboxylic acids is 1. The van der Waals surface area contributed by atoms with Gasteiger partial charge in [0.1, 0.15) is 6.54 Å². The van der Waals surface area contributed by atoms with E-state index in [4.69, 9.17) is 5.11 Å². The monoisotopic (exact) mass is 257 g/mol. The smallest absolute Gasteiger partial charge is 0.323 e. The number of carboxylic acid groups (broad SMARTS) is 1. The number of likely N-dealkylation sites (tertiary alicyclic amines) is 1. The van der Waals surface area contributed by atoms with Gasteiger partial charge in [0.15, 0.2) is 0 Å². The zero-order valence-electron chi connectivity index (χ0n) is 11.3. The largest absolute Gasteiger partial charge is 0.480 e. The molecule has 1 heterocycles. The molecule has 0 aromatic heterocycles. The molecule has 104 valence electrons. The van der Waals surface area contributed by atoms with Gasteiger partial charge in [-0.15, -0.1) is 0 Å². The fourth-order valence-corrected chi connectivity index (χ4v) is 2.01. The minimum absolute atomic E-state index is 0.140. The van der Waals surface area contributed by atoms with E-state index >= 15 is 0 Å². The highest BCUT2D eigenvalue weighted by molar-refractivity contribution is 5.80. The molecule has 1 aliphatic rings. The van der Waals surface area contributed by atoms with Crippen LogP contribution in [0.1, 0.15) is 19.3 Å². The summed E-state index contributed by atoms with van der Waals surface area (Å²) in [5, 5.41) is 8.87. The Labute approximate surface area is 108 Å². The van der Waals surface area contributed by atoms with Crippen molar-refractivity contribution in [3.63, 3.8) is 0 Å². The third-order valence-corrected chi connectivity index (χ3v) is 3.04. The first-order valence-corrected chi connectivity index (χ1v) is 6.41. The lowest BCUT2D eigenvalue weighted by Gasteiger charge is -2.32. The number of amides is 2. The van der Waals surface area contributed by atoms with Gasteiger partial charge < -0.3 is 19.8 Å². The van der Waals surface area contributed by atoms with Crippen LogP contribution in [0.25, 0.3) is 0 Å². The van der Waals surface area contributed by atoms with Crippen LogP contribution in [-0.2, 0) is 4.79 Å². The number of nitrogens with zero attached hydrogens (tertiary/aromatic N) is 3. The maximum absolute atomic E-state index is 12.2. The molecular weight excluding hydrogens is 234 g/mol. The summed E-state index contributed by atoms with van der Waals surface area (Å²) in [6, 6.07) is -0.140. The zero-order chi connectivity index (χ0) is 13.5. The summed E-state index contributed by atoms with van der Waals surface area (Å²) in [6.45, 7) is 2.40. The van der Waals surface area contributed by atoms with Crippen LogP contribution in [0.2, 0.25) is 0 Å². The second-order valence-corrected chi connectivity index (χ2v) is 4.95. The number of rotatable bonds is 5. The number of aliphatic carboxylic acids is 1. The molecule has 1 fully saturated rings. The van der Waals surface area contributed by atoms with E-state index in [1.54, 1.807) is 4.90 Å². The average molecular weight is 257 g/mol. The highest BCUT2D eigenvalue weighted by Crippen LogP contribution is 2.11. The van der Waals surface area contributed by atoms with Crippen molar-refractivity contribution in [2.45, 2.75) is 19.3 Å². The molecule has 0 aromatic carbocycles. The van der Waals surface area contributed by atoms with Gasteiger partial charge in [0.2, 0.25) is 0 Å². The van der Waals surface area contributed by atoms with Crippen molar-refractivity contribution in [2.75, 3.05) is 46.8 Å². The van der Waals surface area contributed by atoms with Crippen LogP contribution in [0.3, 0.4) is 0 Å². The number of carbonyl (C=O) groups is 2. The van der Waals surface area contributed by atoms with Crippen LogP contribution in [0, 0.1) is 0 Å². The maximum Gasteiger partial charge on any atom is 0.323 e. The van der Waals surface area contributed by atoms with Gasteiger partial charge in [0.05, 0.1) is 0 Å². The van der Waals surface area contributed by atoms with E-state index in [1.165, 1.54) is 4.90 Å². The Morgan fingerprint density at radius 3 is 2.22 bits per heavy atom. The first-order chi connectivity index (χ1) is 8.50. The molecule has 0 saturated carbocycles. The minimum Gasteiger partial charge on any atom is -0.480 e. The van der Waals surface area contributed by atoms with Crippen LogP contribution in [-0.4, -0.2) is 78.6 Å². The molecule has 0 bridgehead atoms. The topological polar surface area (TPSA) is 64.1 Å². The molecule has 0 unspecified atom stereocenters. The molecule has 18 heavy (non-hydrogen) atoms. The second-order valence-electron chi connectivity index (χ2n) is 4.95. The van der Waals surface area contributed by atoms with E-state index < -0.39 is 5.97 Å². The van der Waals surface area contributed by atoms with Gasteiger partial charge in [0.25, 0.3) is 0 Å². The summed E-state index contributed by atoms with van der Waals surface area (Å²) in [4.78, 5) is 28.2. The highest BCUT2D eigenvalue weighted by Gasteiger charge is 2.23. The number of hydrogen-bond acceptors (Lipinski definition) is 3. The lowest BCUT2D eigenvalue weighted by atomic mass is 10.1. The summed E-state index contributed by atoms with van der Waals surface area (Å²) < 4.78 is 0. The summed E-state index contributed by atoms with van der Waals surface area (Å²) in [5.74, 6) is -0.959. The molecule has 1 rings (SSSR count). The lowest BCUT2D eigenvalue weighted by Crippen LogP contribution is -2.49. The summed E-state index contributed by atoms with van der Waals surface area (Å²) in [7, 11) is 3.81. The van der Waals surface area contributed by atoms with Gasteiger partial charge in [-0.1, -0.05) is 0 Å². The molecule has 1 saturated heterocycles. The first-order valence-electron chi connectivity index (χ1n) is 6.41. The van der Waals surface area contributed by atoms with Crippen molar-refractivity contribution < 1.29 is 14.7 Å². The molecule has 6 nitrogen and oxygen atoms in total. The SMILES string of the molecule is CN(C)CCN(CC(=O)O)C(=O)N1CCCCC1. The Kier molecular flexibility index (Phi) is 5.91. The molecule has 0 aliphatic carbocycles. The Morgan fingerprint density at radius 2 is 1.72 bits per heavy atom. The number of piperidine rings is 1. The average Bonchev–Trinajstić information content (AvgIpc) is 2.34. The number of hydrogen-bond donors (Lipinski definition) is 1. The molecular formula is C12H23N3O3. The van der Waals surface area contributed by atoms with Crippen LogP contribution in [0.15, 0.2) is 0 Å². The summed E-state index contributed by atoms with van der Waals surface area (Å²) in [6.07, 6.45) is 3.18. The molecule has 1 aliphatic heterocycles. The van der Waals surface area contributed by atoms with Crippen LogP contribution >= 0.6 is 0 Å². The van der Waals surface area contributed by atoms with Gasteiger partial charge in [-0.25, -0.2) is 4.79 Å². The predicted molar refractivity (Wildman–Crippen MR) is 68.6 cm³/mol. The maximum atomic E-state index is 12.2. The molecule has 0 radical (unpaired) electrons. The Hall–Kier alpha value is -1.30. The molecule has 0 atom stereocenters. The Balaban J connectivity index is 2.55. The highest BCUT2D eigenvalue weighted by atomic mass is 16.4. The van der Waals surface area contributed by atoms with E-state index in [-0.39, 0.29) is 12.6 Å². The van der Waals surface area contributed by atoms with E-state index in [0.717, 1.165) is 32.4 Å². The molecule has 0 aromatic rings. The van der Waals surface area contributed by atoms with Gasteiger partial charge in [-0.2, -0.15) is 0 Å². The van der Waals surface area contributed by atoms with Crippen molar-refractivity contribution in [2.24, 2.45) is 0 Å². The predicted octanol–water partition coefficient (Wildman–Crippen LogP) is 0.541. The van der Waals surface area contributed by atoms with E-state index in [9.17, 15) is 9.59 Å². The van der Waals surface area contributed by atoms with Crippen molar-refractivity contribution >= 4 is 12.0 Å². The Morgan fingerprint density at radius 1 is 1.11 bits per heavy atom. The van der Waals surface area contributed by atoms with Crippen molar-refractivity contribution in [1.29, 1.82) is 0 Å². The first kappa shape index (κ1) is 14.8. The number of urea groups is 1. The van der Waals surface area contributed by atoms with Gasteiger partial charge in [0, 0.05) is 26.2 Å². The molecule has 0 spiro atoms.